The lowest BCUT2D eigenvalue weighted by molar-refractivity contribution is 0.488. The topological polar surface area (TPSA) is 66.9 Å². The van der Waals surface area contributed by atoms with E-state index < -0.39 is 5.63 Å². The Bertz CT molecular complexity index is 886. The van der Waals surface area contributed by atoms with Gasteiger partial charge in [-0.3, -0.25) is 0 Å². The van der Waals surface area contributed by atoms with Crippen LogP contribution in [0.3, 0.4) is 0 Å². The number of benzene rings is 1. The maximum atomic E-state index is 11.9. The van der Waals surface area contributed by atoms with Gasteiger partial charge < -0.3 is 4.42 Å². The molecule has 2 aromatic heterocycles. The molecule has 0 spiro atoms. The molecule has 0 saturated heterocycles. The average Bonchev–Trinajstić information content (AvgIpc) is 2.97. The molecule has 0 aliphatic carbocycles. The first-order valence-electron chi connectivity index (χ1n) is 5.83. The summed E-state index contributed by atoms with van der Waals surface area (Å²) in [5.74, 6) is 0.0459. The predicted octanol–water partition coefficient (Wildman–Crippen LogP) is 3.31. The molecule has 2 heterocycles. The van der Waals surface area contributed by atoms with E-state index in [2.05, 4.69) is 4.98 Å². The van der Waals surface area contributed by atoms with Crippen molar-refractivity contribution < 1.29 is 4.42 Å². The number of nitrogens with zero attached hydrogens (tertiary/aromatic N) is 2. The lowest BCUT2D eigenvalue weighted by atomic mass is 10.2. The summed E-state index contributed by atoms with van der Waals surface area (Å²) in [5.41, 5.74) is 0.263. The van der Waals surface area contributed by atoms with Crippen LogP contribution in [0.25, 0.3) is 22.6 Å². The van der Waals surface area contributed by atoms with Crippen molar-refractivity contribution >= 4 is 33.9 Å². The summed E-state index contributed by atoms with van der Waals surface area (Å²) in [6, 6.07) is 12.7. The summed E-state index contributed by atoms with van der Waals surface area (Å²) in [4.78, 5) is 17.0. The van der Waals surface area contributed by atoms with Crippen molar-refractivity contribution in [3.63, 3.8) is 0 Å². The second-order valence-corrected chi connectivity index (χ2v) is 4.99. The molecule has 0 saturated carbocycles. The molecule has 4 nitrogen and oxygen atoms in total. The van der Waals surface area contributed by atoms with Crippen molar-refractivity contribution in [2.24, 2.45) is 0 Å². The SMILES string of the molecule is N#C/C(=C\c1cccs1)c1nc2ccccc2c(=O)o1. The van der Waals surface area contributed by atoms with Gasteiger partial charge in [-0.2, -0.15) is 5.26 Å². The second-order valence-electron chi connectivity index (χ2n) is 4.01. The predicted molar refractivity (Wildman–Crippen MR) is 78.1 cm³/mol. The van der Waals surface area contributed by atoms with E-state index in [1.807, 2.05) is 23.6 Å². The maximum Gasteiger partial charge on any atom is 0.347 e. The summed E-state index contributed by atoms with van der Waals surface area (Å²) < 4.78 is 5.14. The van der Waals surface area contributed by atoms with Gasteiger partial charge >= 0.3 is 5.63 Å². The highest BCUT2D eigenvalue weighted by Crippen LogP contribution is 2.19. The Labute approximate surface area is 118 Å². The maximum absolute atomic E-state index is 11.9. The Balaban J connectivity index is 2.19. The number of fused-ring (bicyclic) bond motifs is 1. The highest BCUT2D eigenvalue weighted by Gasteiger charge is 2.10. The number of aromatic nitrogens is 1. The molecule has 0 N–H and O–H groups in total. The highest BCUT2D eigenvalue weighted by atomic mass is 32.1. The lowest BCUT2D eigenvalue weighted by Crippen LogP contribution is -2.04. The summed E-state index contributed by atoms with van der Waals surface area (Å²) >= 11 is 1.49. The molecule has 3 rings (SSSR count). The summed E-state index contributed by atoms with van der Waals surface area (Å²) in [5, 5.41) is 11.5. The van der Waals surface area contributed by atoms with Crippen molar-refractivity contribution in [2.45, 2.75) is 0 Å². The minimum Gasteiger partial charge on any atom is -0.402 e. The van der Waals surface area contributed by atoms with Crippen LogP contribution in [-0.2, 0) is 0 Å². The molecule has 0 radical (unpaired) electrons. The Morgan fingerprint density at radius 3 is 2.90 bits per heavy atom. The van der Waals surface area contributed by atoms with Crippen molar-refractivity contribution in [3.8, 4) is 6.07 Å². The second kappa shape index (κ2) is 5.11. The van der Waals surface area contributed by atoms with Crippen molar-refractivity contribution in [1.29, 1.82) is 5.26 Å². The van der Waals surface area contributed by atoms with E-state index in [9.17, 15) is 10.1 Å². The van der Waals surface area contributed by atoms with Gasteiger partial charge in [0.15, 0.2) is 0 Å². The third-order valence-corrected chi connectivity index (χ3v) is 3.54. The van der Waals surface area contributed by atoms with Crippen LogP contribution in [0.2, 0.25) is 0 Å². The minimum absolute atomic E-state index is 0.0459. The smallest absolute Gasteiger partial charge is 0.347 e. The van der Waals surface area contributed by atoms with Gasteiger partial charge in [-0.05, 0) is 29.7 Å². The van der Waals surface area contributed by atoms with Crippen LogP contribution in [0, 0.1) is 11.3 Å². The fourth-order valence-corrected chi connectivity index (χ4v) is 2.45. The van der Waals surface area contributed by atoms with Gasteiger partial charge in [0.05, 0.1) is 10.9 Å². The van der Waals surface area contributed by atoms with Crippen LogP contribution in [0.1, 0.15) is 10.8 Å². The molecule has 0 fully saturated rings. The van der Waals surface area contributed by atoms with E-state index in [4.69, 9.17) is 4.42 Å². The summed E-state index contributed by atoms with van der Waals surface area (Å²) in [7, 11) is 0. The Hall–Kier alpha value is -2.71. The number of para-hydroxylation sites is 1. The van der Waals surface area contributed by atoms with Crippen LogP contribution in [0.5, 0.6) is 0 Å². The van der Waals surface area contributed by atoms with Crippen LogP contribution in [0.4, 0.5) is 0 Å². The van der Waals surface area contributed by atoms with Crippen LogP contribution in [0.15, 0.2) is 51.0 Å². The molecule has 1 aromatic carbocycles. The molecule has 0 atom stereocenters. The van der Waals surface area contributed by atoms with Gasteiger partial charge in [0.25, 0.3) is 0 Å². The number of hydrogen-bond donors (Lipinski definition) is 0. The van der Waals surface area contributed by atoms with E-state index >= 15 is 0 Å². The quantitative estimate of drug-likeness (QED) is 0.675. The van der Waals surface area contributed by atoms with Gasteiger partial charge in [0.1, 0.15) is 11.6 Å². The minimum atomic E-state index is -0.488. The normalized spacial score (nSPS) is 11.4. The standard InChI is InChI=1S/C15H8N2O2S/c16-9-10(8-11-4-3-7-20-11)14-17-13-6-2-1-5-12(13)15(18)19-14/h1-8H/b10-8+. The van der Waals surface area contributed by atoms with E-state index in [0.717, 1.165) is 4.88 Å². The zero-order valence-corrected chi connectivity index (χ0v) is 11.1. The van der Waals surface area contributed by atoms with Gasteiger partial charge in [0.2, 0.25) is 5.89 Å². The van der Waals surface area contributed by atoms with E-state index in [0.29, 0.717) is 10.9 Å². The van der Waals surface area contributed by atoms with E-state index in [1.165, 1.54) is 11.3 Å². The number of thiophene rings is 1. The molecule has 0 amide bonds. The zero-order chi connectivity index (χ0) is 13.9. The van der Waals surface area contributed by atoms with Crippen LogP contribution in [-0.4, -0.2) is 4.98 Å². The molecular weight excluding hydrogens is 272 g/mol. The third-order valence-electron chi connectivity index (χ3n) is 2.72. The van der Waals surface area contributed by atoms with E-state index in [1.54, 1.807) is 30.3 Å². The van der Waals surface area contributed by atoms with Gasteiger partial charge in [-0.25, -0.2) is 9.78 Å². The van der Waals surface area contributed by atoms with E-state index in [-0.39, 0.29) is 11.5 Å². The van der Waals surface area contributed by atoms with Crippen molar-refractivity contribution in [3.05, 3.63) is 63.0 Å². The number of allylic oxidation sites excluding steroid dienone is 1. The fraction of sp³-hybridized carbons (Fsp3) is 0. The van der Waals surface area contributed by atoms with Gasteiger partial charge in [-0.15, -0.1) is 11.3 Å². The molecule has 0 aliphatic rings. The monoisotopic (exact) mass is 280 g/mol. The Morgan fingerprint density at radius 1 is 1.30 bits per heavy atom. The van der Waals surface area contributed by atoms with Crippen LogP contribution >= 0.6 is 11.3 Å². The van der Waals surface area contributed by atoms with Crippen molar-refractivity contribution in [2.75, 3.05) is 0 Å². The lowest BCUT2D eigenvalue weighted by Gasteiger charge is -1.99. The van der Waals surface area contributed by atoms with Crippen molar-refractivity contribution in [1.82, 2.24) is 4.98 Å². The summed E-state index contributed by atoms with van der Waals surface area (Å²) in [6.45, 7) is 0. The first-order valence-corrected chi connectivity index (χ1v) is 6.71. The molecule has 0 aliphatic heterocycles. The largest absolute Gasteiger partial charge is 0.402 e. The summed E-state index contributed by atoms with van der Waals surface area (Å²) in [6.07, 6.45) is 1.66. The molecule has 0 unspecified atom stereocenters. The third kappa shape index (κ3) is 2.25. The number of nitriles is 1. The Kier molecular flexibility index (Phi) is 3.15. The first kappa shape index (κ1) is 12.3. The number of rotatable bonds is 2. The molecule has 20 heavy (non-hydrogen) atoms. The Morgan fingerprint density at radius 2 is 2.15 bits per heavy atom. The average molecular weight is 280 g/mol. The molecule has 3 aromatic rings. The molecular formula is C15H8N2O2S. The highest BCUT2D eigenvalue weighted by molar-refractivity contribution is 7.10. The molecule has 5 heteroatoms. The fourth-order valence-electron chi connectivity index (χ4n) is 1.79. The zero-order valence-electron chi connectivity index (χ0n) is 10.2. The van der Waals surface area contributed by atoms with Gasteiger partial charge in [0, 0.05) is 4.88 Å². The van der Waals surface area contributed by atoms with Crippen LogP contribution < -0.4 is 5.63 Å². The molecule has 96 valence electrons. The first-order chi connectivity index (χ1) is 9.78. The molecule has 0 bridgehead atoms. The number of hydrogen-bond acceptors (Lipinski definition) is 5. The van der Waals surface area contributed by atoms with Gasteiger partial charge in [-0.1, -0.05) is 18.2 Å².